The van der Waals surface area contributed by atoms with E-state index in [2.05, 4.69) is 5.32 Å². The van der Waals surface area contributed by atoms with Crippen molar-refractivity contribution in [2.75, 3.05) is 5.32 Å². The highest BCUT2D eigenvalue weighted by molar-refractivity contribution is 6.40. The quantitative estimate of drug-likeness (QED) is 0.865. The highest BCUT2D eigenvalue weighted by Crippen LogP contribution is 2.30. The molecule has 0 aromatic heterocycles. The number of carbonyl (C=O) groups excluding carboxylic acids is 1. The van der Waals surface area contributed by atoms with Gasteiger partial charge in [0.15, 0.2) is 0 Å². The summed E-state index contributed by atoms with van der Waals surface area (Å²) in [7, 11) is 0. The number of nitrogens with one attached hydrogen (secondary N) is 1. The first-order chi connectivity index (χ1) is 8.18. The van der Waals surface area contributed by atoms with Crippen LogP contribution < -0.4 is 5.32 Å². The Morgan fingerprint density at radius 1 is 0.882 bits per heavy atom. The van der Waals surface area contributed by atoms with Gasteiger partial charge < -0.3 is 5.32 Å². The van der Waals surface area contributed by atoms with E-state index in [1.54, 1.807) is 42.5 Å². The van der Waals surface area contributed by atoms with Crippen molar-refractivity contribution in [3.63, 3.8) is 0 Å². The lowest BCUT2D eigenvalue weighted by molar-refractivity contribution is 0.102. The second-order valence-electron chi connectivity index (χ2n) is 3.42. The molecule has 0 saturated heterocycles. The van der Waals surface area contributed by atoms with Crippen molar-refractivity contribution in [2.24, 2.45) is 0 Å². The summed E-state index contributed by atoms with van der Waals surface area (Å²) in [4.78, 5) is 11.9. The number of hydrogen-bond donors (Lipinski definition) is 1. The van der Waals surface area contributed by atoms with Gasteiger partial charge in [-0.25, -0.2) is 0 Å². The van der Waals surface area contributed by atoms with Crippen molar-refractivity contribution < 1.29 is 4.79 Å². The van der Waals surface area contributed by atoms with E-state index in [-0.39, 0.29) is 5.91 Å². The van der Waals surface area contributed by atoms with Crippen molar-refractivity contribution in [3.05, 3.63) is 64.1 Å². The molecule has 1 amide bonds. The van der Waals surface area contributed by atoms with E-state index in [0.717, 1.165) is 0 Å². The maximum atomic E-state index is 11.9. The van der Waals surface area contributed by atoms with Gasteiger partial charge in [0.05, 0.1) is 15.7 Å². The molecule has 0 bridgehead atoms. The Hall–Kier alpha value is -1.51. The van der Waals surface area contributed by atoms with Crippen LogP contribution in [0.2, 0.25) is 10.0 Å². The lowest BCUT2D eigenvalue weighted by Gasteiger charge is -2.08. The van der Waals surface area contributed by atoms with Crippen molar-refractivity contribution in [2.45, 2.75) is 0 Å². The number of halogens is 2. The van der Waals surface area contributed by atoms with Crippen LogP contribution in [0, 0.1) is 0 Å². The van der Waals surface area contributed by atoms with Crippen molar-refractivity contribution >= 4 is 34.8 Å². The summed E-state index contributed by atoms with van der Waals surface area (Å²) in [5.74, 6) is -0.236. The average molecular weight is 266 g/mol. The molecule has 17 heavy (non-hydrogen) atoms. The molecule has 0 heterocycles. The Morgan fingerprint density at radius 2 is 1.47 bits per heavy atom. The molecule has 2 nitrogen and oxygen atoms in total. The maximum Gasteiger partial charge on any atom is 0.255 e. The fourth-order valence-corrected chi connectivity index (χ4v) is 1.88. The topological polar surface area (TPSA) is 29.1 Å². The van der Waals surface area contributed by atoms with Crippen LogP contribution in [0.25, 0.3) is 0 Å². The zero-order valence-corrected chi connectivity index (χ0v) is 10.3. The number of hydrogen-bond acceptors (Lipinski definition) is 1. The van der Waals surface area contributed by atoms with Crippen LogP contribution in [-0.4, -0.2) is 5.91 Å². The minimum atomic E-state index is -0.236. The Balaban J connectivity index is 2.25. The highest BCUT2D eigenvalue weighted by atomic mass is 35.5. The van der Waals surface area contributed by atoms with Gasteiger partial charge in [0.1, 0.15) is 0 Å². The third-order valence-electron chi connectivity index (χ3n) is 2.24. The Labute approximate surface area is 109 Å². The van der Waals surface area contributed by atoms with E-state index < -0.39 is 0 Å². The SMILES string of the molecule is O=C(Nc1c(Cl)cccc1Cl)c1ccccc1. The van der Waals surface area contributed by atoms with E-state index in [1.807, 2.05) is 6.07 Å². The normalized spacial score (nSPS) is 10.0. The van der Waals surface area contributed by atoms with Crippen LogP contribution in [-0.2, 0) is 0 Å². The van der Waals surface area contributed by atoms with Crippen LogP contribution in [0.5, 0.6) is 0 Å². The first-order valence-corrected chi connectivity index (χ1v) is 5.74. The van der Waals surface area contributed by atoms with Crippen LogP contribution in [0.1, 0.15) is 10.4 Å². The Kier molecular flexibility index (Phi) is 3.67. The van der Waals surface area contributed by atoms with Crippen LogP contribution in [0.15, 0.2) is 48.5 Å². The first kappa shape index (κ1) is 12.0. The molecule has 0 saturated carbocycles. The fourth-order valence-electron chi connectivity index (χ4n) is 1.39. The Morgan fingerprint density at radius 3 is 2.06 bits per heavy atom. The summed E-state index contributed by atoms with van der Waals surface area (Å²) in [6, 6.07) is 14.0. The molecule has 2 rings (SSSR count). The molecule has 0 aliphatic heterocycles. The summed E-state index contributed by atoms with van der Waals surface area (Å²) >= 11 is 11.9. The summed E-state index contributed by atoms with van der Waals surface area (Å²) < 4.78 is 0. The number of carbonyl (C=O) groups is 1. The molecule has 0 aliphatic carbocycles. The molecular formula is C13H9Cl2NO. The second kappa shape index (κ2) is 5.21. The van der Waals surface area contributed by atoms with E-state index in [9.17, 15) is 4.79 Å². The molecule has 0 aliphatic rings. The van der Waals surface area contributed by atoms with Gasteiger partial charge in [-0.15, -0.1) is 0 Å². The maximum absolute atomic E-state index is 11.9. The second-order valence-corrected chi connectivity index (χ2v) is 4.23. The molecule has 0 unspecified atom stereocenters. The van der Waals surface area contributed by atoms with Crippen molar-refractivity contribution in [1.29, 1.82) is 0 Å². The third-order valence-corrected chi connectivity index (χ3v) is 2.87. The molecule has 1 N–H and O–H groups in total. The molecule has 0 spiro atoms. The predicted molar refractivity (Wildman–Crippen MR) is 70.9 cm³/mol. The molecular weight excluding hydrogens is 257 g/mol. The minimum Gasteiger partial charge on any atom is -0.319 e. The molecule has 0 atom stereocenters. The van der Waals surface area contributed by atoms with Gasteiger partial charge in [0.25, 0.3) is 5.91 Å². The van der Waals surface area contributed by atoms with Gasteiger partial charge in [-0.3, -0.25) is 4.79 Å². The van der Waals surface area contributed by atoms with Gasteiger partial charge >= 0.3 is 0 Å². The number of anilines is 1. The van der Waals surface area contributed by atoms with Crippen molar-refractivity contribution in [1.82, 2.24) is 0 Å². The van der Waals surface area contributed by atoms with Gasteiger partial charge in [0.2, 0.25) is 0 Å². The third kappa shape index (κ3) is 2.78. The van der Waals surface area contributed by atoms with E-state index in [0.29, 0.717) is 21.3 Å². The van der Waals surface area contributed by atoms with Gasteiger partial charge in [0, 0.05) is 5.56 Å². The van der Waals surface area contributed by atoms with Gasteiger partial charge in [-0.2, -0.15) is 0 Å². The van der Waals surface area contributed by atoms with Gasteiger partial charge in [-0.1, -0.05) is 47.5 Å². The lowest BCUT2D eigenvalue weighted by Crippen LogP contribution is -2.12. The van der Waals surface area contributed by atoms with E-state index in [4.69, 9.17) is 23.2 Å². The molecule has 86 valence electrons. The number of benzene rings is 2. The number of para-hydroxylation sites is 1. The summed E-state index contributed by atoms with van der Waals surface area (Å²) in [6.45, 7) is 0. The predicted octanol–water partition coefficient (Wildman–Crippen LogP) is 4.25. The summed E-state index contributed by atoms with van der Waals surface area (Å²) in [5, 5.41) is 3.53. The molecule has 2 aromatic rings. The monoisotopic (exact) mass is 265 g/mol. The van der Waals surface area contributed by atoms with Crippen molar-refractivity contribution in [3.8, 4) is 0 Å². The number of amides is 1. The van der Waals surface area contributed by atoms with E-state index >= 15 is 0 Å². The summed E-state index contributed by atoms with van der Waals surface area (Å²) in [5.41, 5.74) is 0.994. The highest BCUT2D eigenvalue weighted by Gasteiger charge is 2.10. The zero-order valence-electron chi connectivity index (χ0n) is 8.78. The largest absolute Gasteiger partial charge is 0.319 e. The summed E-state index contributed by atoms with van der Waals surface area (Å²) in [6.07, 6.45) is 0. The number of rotatable bonds is 2. The van der Waals surface area contributed by atoms with Crippen LogP contribution in [0.3, 0.4) is 0 Å². The smallest absolute Gasteiger partial charge is 0.255 e. The Bertz CT molecular complexity index is 520. The average Bonchev–Trinajstić information content (AvgIpc) is 2.35. The van der Waals surface area contributed by atoms with Gasteiger partial charge in [-0.05, 0) is 24.3 Å². The first-order valence-electron chi connectivity index (χ1n) is 4.99. The van der Waals surface area contributed by atoms with Crippen LogP contribution in [0.4, 0.5) is 5.69 Å². The molecule has 4 heteroatoms. The minimum absolute atomic E-state index is 0.236. The zero-order chi connectivity index (χ0) is 12.3. The van der Waals surface area contributed by atoms with E-state index in [1.165, 1.54) is 0 Å². The standard InChI is InChI=1S/C13H9Cl2NO/c14-10-7-4-8-11(15)12(10)16-13(17)9-5-2-1-3-6-9/h1-8H,(H,16,17). The molecule has 0 radical (unpaired) electrons. The molecule has 0 fully saturated rings. The van der Waals surface area contributed by atoms with Crippen LogP contribution >= 0.6 is 23.2 Å². The molecule has 2 aromatic carbocycles. The lowest BCUT2D eigenvalue weighted by atomic mass is 10.2. The fraction of sp³-hybridized carbons (Fsp3) is 0.